The van der Waals surface area contributed by atoms with E-state index in [1.165, 1.54) is 11.3 Å². The molecule has 1 heterocycles. The number of benzene rings is 1. The first kappa shape index (κ1) is 12.0. The Labute approximate surface area is 102 Å². The molecule has 2 rings (SSSR count). The van der Waals surface area contributed by atoms with Crippen molar-refractivity contribution in [1.29, 1.82) is 0 Å². The molecule has 2 unspecified atom stereocenters. The fourth-order valence-electron chi connectivity index (χ4n) is 1.77. The van der Waals surface area contributed by atoms with Crippen molar-refractivity contribution in [2.45, 2.75) is 18.6 Å². The topological polar surface area (TPSA) is 83.6 Å². The van der Waals surface area contributed by atoms with E-state index in [0.717, 1.165) is 10.1 Å². The molecule has 4 nitrogen and oxygen atoms in total. The zero-order chi connectivity index (χ0) is 12.4. The van der Waals surface area contributed by atoms with Crippen LogP contribution in [0.3, 0.4) is 0 Å². The minimum atomic E-state index is -1.17. The van der Waals surface area contributed by atoms with E-state index in [1.807, 2.05) is 23.6 Å². The lowest BCUT2D eigenvalue weighted by Gasteiger charge is -2.17. The fourth-order valence-corrected chi connectivity index (χ4v) is 2.72. The van der Waals surface area contributed by atoms with E-state index in [4.69, 9.17) is 5.73 Å². The zero-order valence-corrected chi connectivity index (χ0v) is 9.85. The summed E-state index contributed by atoms with van der Waals surface area (Å²) in [6.45, 7) is 0. The first-order chi connectivity index (χ1) is 8.09. The van der Waals surface area contributed by atoms with Crippen molar-refractivity contribution < 1.29 is 15.0 Å². The molecule has 0 saturated heterocycles. The highest BCUT2D eigenvalue weighted by molar-refractivity contribution is 7.17. The molecule has 1 amide bonds. The molecular weight excluding hydrogens is 238 g/mol. The minimum absolute atomic E-state index is 0.247. The standard InChI is InChI=1S/C12H13NO3S/c13-10(15)6-9(14)11(16)8-3-1-2-7-4-5-17-12(7)8/h1-5,9,11,14,16H,6H2,(H2,13,15). The van der Waals surface area contributed by atoms with Gasteiger partial charge >= 0.3 is 0 Å². The number of carbonyl (C=O) groups excluding carboxylic acids is 1. The molecule has 0 radical (unpaired) electrons. The van der Waals surface area contributed by atoms with Crippen molar-refractivity contribution in [3.8, 4) is 0 Å². The number of aliphatic hydroxyl groups is 2. The summed E-state index contributed by atoms with van der Waals surface area (Å²) in [5, 5.41) is 22.6. The molecule has 0 bridgehead atoms. The fraction of sp³-hybridized carbons (Fsp3) is 0.250. The number of fused-ring (bicyclic) bond motifs is 1. The molecule has 0 fully saturated rings. The molecular formula is C12H13NO3S. The molecule has 90 valence electrons. The van der Waals surface area contributed by atoms with E-state index >= 15 is 0 Å². The molecule has 0 spiro atoms. The number of hydrogen-bond acceptors (Lipinski definition) is 4. The number of amides is 1. The summed E-state index contributed by atoms with van der Waals surface area (Å²) in [6, 6.07) is 7.43. The SMILES string of the molecule is NC(=O)CC(O)C(O)c1cccc2ccsc12. The Morgan fingerprint density at radius 3 is 2.82 bits per heavy atom. The normalized spacial score (nSPS) is 14.7. The van der Waals surface area contributed by atoms with Crippen LogP contribution in [0.25, 0.3) is 10.1 Å². The summed E-state index contributed by atoms with van der Waals surface area (Å²) < 4.78 is 0.920. The number of carbonyl (C=O) groups is 1. The average Bonchev–Trinajstić information content (AvgIpc) is 2.74. The summed E-state index contributed by atoms with van der Waals surface area (Å²) in [7, 11) is 0. The second kappa shape index (κ2) is 4.83. The number of thiophene rings is 1. The summed E-state index contributed by atoms with van der Waals surface area (Å²) >= 11 is 1.49. The average molecular weight is 251 g/mol. The third-order valence-corrected chi connectivity index (χ3v) is 3.58. The molecule has 0 aliphatic heterocycles. The lowest BCUT2D eigenvalue weighted by Crippen LogP contribution is -2.25. The number of aliphatic hydroxyl groups excluding tert-OH is 2. The third-order valence-electron chi connectivity index (χ3n) is 2.60. The highest BCUT2D eigenvalue weighted by Crippen LogP contribution is 2.30. The van der Waals surface area contributed by atoms with Crippen molar-refractivity contribution >= 4 is 27.3 Å². The van der Waals surface area contributed by atoms with Crippen LogP contribution in [0.15, 0.2) is 29.6 Å². The largest absolute Gasteiger partial charge is 0.390 e. The molecule has 17 heavy (non-hydrogen) atoms. The van der Waals surface area contributed by atoms with Crippen molar-refractivity contribution in [3.63, 3.8) is 0 Å². The zero-order valence-electron chi connectivity index (χ0n) is 9.04. The van der Waals surface area contributed by atoms with Gasteiger partial charge in [-0.05, 0) is 16.8 Å². The van der Waals surface area contributed by atoms with Gasteiger partial charge in [-0.1, -0.05) is 18.2 Å². The van der Waals surface area contributed by atoms with Gasteiger partial charge in [0.2, 0.25) is 5.91 Å². The highest BCUT2D eigenvalue weighted by Gasteiger charge is 2.22. The van der Waals surface area contributed by atoms with Crippen LogP contribution in [0.4, 0.5) is 0 Å². The predicted molar refractivity (Wildman–Crippen MR) is 66.6 cm³/mol. The Bertz CT molecular complexity index is 537. The van der Waals surface area contributed by atoms with Crippen LogP contribution in [0.1, 0.15) is 18.1 Å². The Hall–Kier alpha value is -1.43. The Morgan fingerprint density at radius 2 is 2.12 bits per heavy atom. The van der Waals surface area contributed by atoms with Gasteiger partial charge in [0.05, 0.1) is 12.5 Å². The van der Waals surface area contributed by atoms with Crippen LogP contribution < -0.4 is 5.73 Å². The van der Waals surface area contributed by atoms with Gasteiger partial charge in [0.15, 0.2) is 0 Å². The quantitative estimate of drug-likeness (QED) is 0.762. The first-order valence-corrected chi connectivity index (χ1v) is 6.08. The van der Waals surface area contributed by atoms with Crippen LogP contribution in [0.2, 0.25) is 0 Å². The molecule has 0 aliphatic carbocycles. The van der Waals surface area contributed by atoms with Gasteiger partial charge in [-0.15, -0.1) is 11.3 Å². The Balaban J connectivity index is 2.32. The highest BCUT2D eigenvalue weighted by atomic mass is 32.1. The van der Waals surface area contributed by atoms with Gasteiger partial charge in [-0.25, -0.2) is 0 Å². The minimum Gasteiger partial charge on any atom is -0.390 e. The monoisotopic (exact) mass is 251 g/mol. The van der Waals surface area contributed by atoms with Crippen LogP contribution >= 0.6 is 11.3 Å². The summed E-state index contributed by atoms with van der Waals surface area (Å²) in [5.41, 5.74) is 5.63. The summed E-state index contributed by atoms with van der Waals surface area (Å²) in [4.78, 5) is 10.7. The van der Waals surface area contributed by atoms with Gasteiger partial charge in [0.25, 0.3) is 0 Å². The van der Waals surface area contributed by atoms with Crippen molar-refractivity contribution in [2.24, 2.45) is 5.73 Å². The number of primary amides is 1. The van der Waals surface area contributed by atoms with Gasteiger partial charge in [0.1, 0.15) is 6.10 Å². The van der Waals surface area contributed by atoms with Crippen LogP contribution in [0.5, 0.6) is 0 Å². The van der Waals surface area contributed by atoms with Crippen molar-refractivity contribution in [1.82, 2.24) is 0 Å². The van der Waals surface area contributed by atoms with Crippen molar-refractivity contribution in [2.75, 3.05) is 0 Å². The summed E-state index contributed by atoms with van der Waals surface area (Å²) in [5.74, 6) is -0.630. The van der Waals surface area contributed by atoms with E-state index in [0.29, 0.717) is 5.56 Å². The Morgan fingerprint density at radius 1 is 1.35 bits per heavy atom. The first-order valence-electron chi connectivity index (χ1n) is 5.20. The van der Waals surface area contributed by atoms with Gasteiger partial charge in [-0.3, -0.25) is 4.79 Å². The van der Waals surface area contributed by atoms with Gasteiger partial charge in [0, 0.05) is 10.3 Å². The van der Waals surface area contributed by atoms with E-state index in [-0.39, 0.29) is 6.42 Å². The number of rotatable bonds is 4. The van der Waals surface area contributed by atoms with E-state index in [2.05, 4.69) is 0 Å². The Kier molecular flexibility index (Phi) is 3.42. The second-order valence-electron chi connectivity index (χ2n) is 3.87. The molecule has 0 saturated carbocycles. The third kappa shape index (κ3) is 2.46. The molecule has 2 atom stereocenters. The lowest BCUT2D eigenvalue weighted by molar-refractivity contribution is -0.121. The van der Waals surface area contributed by atoms with Gasteiger partial charge in [-0.2, -0.15) is 0 Å². The summed E-state index contributed by atoms with van der Waals surface area (Å²) in [6.07, 6.45) is -2.51. The molecule has 2 aromatic rings. The van der Waals surface area contributed by atoms with Crippen LogP contribution in [-0.2, 0) is 4.79 Å². The molecule has 0 aliphatic rings. The van der Waals surface area contributed by atoms with Crippen LogP contribution in [0, 0.1) is 0 Å². The maximum atomic E-state index is 10.7. The maximum absolute atomic E-state index is 10.7. The molecule has 1 aromatic carbocycles. The van der Waals surface area contributed by atoms with E-state index in [9.17, 15) is 15.0 Å². The molecule has 4 N–H and O–H groups in total. The lowest BCUT2D eigenvalue weighted by atomic mass is 10.0. The molecule has 1 aromatic heterocycles. The number of nitrogens with two attached hydrogens (primary N) is 1. The smallest absolute Gasteiger partial charge is 0.220 e. The number of hydrogen-bond donors (Lipinski definition) is 3. The molecule has 5 heteroatoms. The van der Waals surface area contributed by atoms with E-state index in [1.54, 1.807) is 6.07 Å². The van der Waals surface area contributed by atoms with Crippen LogP contribution in [-0.4, -0.2) is 22.2 Å². The predicted octanol–water partition coefficient (Wildman–Crippen LogP) is 1.17. The van der Waals surface area contributed by atoms with Crippen molar-refractivity contribution in [3.05, 3.63) is 35.2 Å². The second-order valence-corrected chi connectivity index (χ2v) is 4.78. The van der Waals surface area contributed by atoms with Gasteiger partial charge < -0.3 is 15.9 Å². The van der Waals surface area contributed by atoms with E-state index < -0.39 is 18.1 Å². The maximum Gasteiger partial charge on any atom is 0.220 e.